The second-order valence-corrected chi connectivity index (χ2v) is 3.74. The van der Waals surface area contributed by atoms with Gasteiger partial charge in [-0.1, -0.05) is 20.3 Å². The normalized spacial score (nSPS) is 28.9. The zero-order valence-electron chi connectivity index (χ0n) is 7.44. The number of piperidine rings is 1. The molecule has 0 saturated carbocycles. The highest BCUT2D eigenvalue weighted by atomic mass is 19.1. The summed E-state index contributed by atoms with van der Waals surface area (Å²) in [6, 6.07) is 0.128. The number of hydrogen-bond acceptors (Lipinski definition) is 1. The second-order valence-electron chi connectivity index (χ2n) is 3.74. The van der Waals surface area contributed by atoms with Gasteiger partial charge in [-0.3, -0.25) is 0 Å². The summed E-state index contributed by atoms with van der Waals surface area (Å²) in [5.41, 5.74) is 0. The molecule has 0 aromatic heterocycles. The van der Waals surface area contributed by atoms with E-state index >= 15 is 0 Å². The average Bonchev–Trinajstić information content (AvgIpc) is 2.05. The van der Waals surface area contributed by atoms with Gasteiger partial charge < -0.3 is 5.32 Å². The van der Waals surface area contributed by atoms with Gasteiger partial charge in [-0.25, -0.2) is 4.39 Å². The van der Waals surface area contributed by atoms with Crippen molar-refractivity contribution in [2.45, 2.75) is 45.3 Å². The van der Waals surface area contributed by atoms with Crippen LogP contribution in [0.5, 0.6) is 0 Å². The van der Waals surface area contributed by atoms with E-state index in [0.717, 1.165) is 13.0 Å². The minimum atomic E-state index is -0.657. The zero-order chi connectivity index (χ0) is 8.27. The van der Waals surface area contributed by atoms with Crippen molar-refractivity contribution in [1.29, 1.82) is 0 Å². The predicted octanol–water partition coefficient (Wildman–Crippen LogP) is 2.12. The molecule has 1 N–H and O–H groups in total. The Morgan fingerprint density at radius 1 is 1.36 bits per heavy atom. The predicted molar refractivity (Wildman–Crippen MR) is 45.4 cm³/mol. The van der Waals surface area contributed by atoms with E-state index < -0.39 is 6.17 Å². The Morgan fingerprint density at radius 2 is 2.09 bits per heavy atom. The lowest BCUT2D eigenvalue weighted by atomic mass is 9.94. The molecule has 66 valence electrons. The largest absolute Gasteiger partial charge is 0.311 e. The van der Waals surface area contributed by atoms with Gasteiger partial charge in [-0.2, -0.15) is 0 Å². The van der Waals surface area contributed by atoms with Gasteiger partial charge in [0, 0.05) is 6.04 Å². The fraction of sp³-hybridized carbons (Fsp3) is 1.00. The third-order valence-corrected chi connectivity index (χ3v) is 2.37. The molecular weight excluding hydrogens is 141 g/mol. The maximum atomic E-state index is 13.3. The van der Waals surface area contributed by atoms with E-state index in [1.54, 1.807) is 0 Å². The topological polar surface area (TPSA) is 12.0 Å². The van der Waals surface area contributed by atoms with Gasteiger partial charge in [-0.15, -0.1) is 0 Å². The van der Waals surface area contributed by atoms with Crippen LogP contribution >= 0.6 is 0 Å². The zero-order valence-corrected chi connectivity index (χ0v) is 7.44. The molecule has 0 amide bonds. The Bertz CT molecular complexity index is 108. The van der Waals surface area contributed by atoms with Crippen molar-refractivity contribution in [2.75, 3.05) is 6.54 Å². The standard InChI is InChI=1S/C9H18FN/c1-7(2)9(10)8-5-3-4-6-11-8/h7-9,11H,3-6H2,1-2H3. The second kappa shape index (κ2) is 4.05. The Balaban J connectivity index is 2.32. The van der Waals surface area contributed by atoms with E-state index in [1.165, 1.54) is 12.8 Å². The van der Waals surface area contributed by atoms with Gasteiger partial charge in [0.25, 0.3) is 0 Å². The van der Waals surface area contributed by atoms with Crippen LogP contribution in [0.2, 0.25) is 0 Å². The first-order valence-electron chi connectivity index (χ1n) is 4.59. The van der Waals surface area contributed by atoms with Crippen LogP contribution in [0.25, 0.3) is 0 Å². The third-order valence-electron chi connectivity index (χ3n) is 2.37. The van der Waals surface area contributed by atoms with E-state index in [-0.39, 0.29) is 12.0 Å². The highest BCUT2D eigenvalue weighted by Crippen LogP contribution is 2.18. The minimum Gasteiger partial charge on any atom is -0.311 e. The number of nitrogens with one attached hydrogen (secondary N) is 1. The lowest BCUT2D eigenvalue weighted by molar-refractivity contribution is 0.168. The summed E-state index contributed by atoms with van der Waals surface area (Å²) in [4.78, 5) is 0. The van der Waals surface area contributed by atoms with Crippen molar-refractivity contribution in [3.8, 4) is 0 Å². The summed E-state index contributed by atoms with van der Waals surface area (Å²) in [5, 5.41) is 3.23. The molecule has 11 heavy (non-hydrogen) atoms. The van der Waals surface area contributed by atoms with Gasteiger partial charge in [0.15, 0.2) is 0 Å². The Labute approximate surface area is 68.4 Å². The number of alkyl halides is 1. The molecular formula is C9H18FN. The monoisotopic (exact) mass is 159 g/mol. The van der Waals surface area contributed by atoms with Gasteiger partial charge in [0.05, 0.1) is 0 Å². The molecule has 0 radical (unpaired) electrons. The van der Waals surface area contributed by atoms with E-state index in [1.807, 2.05) is 13.8 Å². The molecule has 0 aliphatic carbocycles. The molecule has 2 unspecified atom stereocenters. The number of rotatable bonds is 2. The first kappa shape index (κ1) is 8.98. The Kier molecular flexibility index (Phi) is 3.31. The van der Waals surface area contributed by atoms with Crippen LogP contribution < -0.4 is 5.32 Å². The molecule has 1 aliphatic rings. The van der Waals surface area contributed by atoms with E-state index in [4.69, 9.17) is 0 Å². The lowest BCUT2D eigenvalue weighted by Crippen LogP contribution is -2.43. The van der Waals surface area contributed by atoms with E-state index in [9.17, 15) is 4.39 Å². The summed E-state index contributed by atoms with van der Waals surface area (Å²) in [6.07, 6.45) is 2.75. The molecule has 0 aromatic carbocycles. The quantitative estimate of drug-likeness (QED) is 0.650. The fourth-order valence-electron chi connectivity index (χ4n) is 1.62. The molecule has 1 aliphatic heterocycles. The molecule has 0 aromatic rings. The third kappa shape index (κ3) is 2.44. The number of hydrogen-bond donors (Lipinski definition) is 1. The van der Waals surface area contributed by atoms with Crippen molar-refractivity contribution in [1.82, 2.24) is 5.32 Å². The summed E-state index contributed by atoms with van der Waals surface area (Å²) in [6.45, 7) is 4.89. The molecule has 1 nitrogen and oxygen atoms in total. The maximum absolute atomic E-state index is 13.3. The Morgan fingerprint density at radius 3 is 2.55 bits per heavy atom. The van der Waals surface area contributed by atoms with Crippen molar-refractivity contribution in [3.63, 3.8) is 0 Å². The van der Waals surface area contributed by atoms with Gasteiger partial charge >= 0.3 is 0 Å². The molecule has 1 rings (SSSR count). The molecule has 1 heterocycles. The molecule has 2 atom stereocenters. The summed E-state index contributed by atoms with van der Waals surface area (Å²) in [7, 11) is 0. The van der Waals surface area contributed by atoms with Crippen LogP contribution in [-0.4, -0.2) is 18.8 Å². The summed E-state index contributed by atoms with van der Waals surface area (Å²) in [5.74, 6) is 0.158. The average molecular weight is 159 g/mol. The first-order chi connectivity index (χ1) is 5.22. The van der Waals surface area contributed by atoms with E-state index in [0.29, 0.717) is 0 Å². The molecule has 0 bridgehead atoms. The van der Waals surface area contributed by atoms with Crippen LogP contribution in [0.1, 0.15) is 33.1 Å². The Hall–Kier alpha value is -0.110. The van der Waals surface area contributed by atoms with Crippen LogP contribution in [-0.2, 0) is 0 Å². The highest BCUT2D eigenvalue weighted by Gasteiger charge is 2.24. The van der Waals surface area contributed by atoms with Crippen molar-refractivity contribution < 1.29 is 4.39 Å². The van der Waals surface area contributed by atoms with Crippen LogP contribution in [0.3, 0.4) is 0 Å². The van der Waals surface area contributed by atoms with Gasteiger partial charge in [0.1, 0.15) is 6.17 Å². The van der Waals surface area contributed by atoms with Gasteiger partial charge in [0.2, 0.25) is 0 Å². The molecule has 1 saturated heterocycles. The lowest BCUT2D eigenvalue weighted by Gasteiger charge is -2.28. The van der Waals surface area contributed by atoms with E-state index in [2.05, 4.69) is 5.32 Å². The molecule has 2 heteroatoms. The van der Waals surface area contributed by atoms with Crippen molar-refractivity contribution in [2.24, 2.45) is 5.92 Å². The molecule has 0 spiro atoms. The van der Waals surface area contributed by atoms with Gasteiger partial charge in [-0.05, 0) is 25.3 Å². The molecule has 1 fully saturated rings. The van der Waals surface area contributed by atoms with Crippen LogP contribution in [0.15, 0.2) is 0 Å². The first-order valence-corrected chi connectivity index (χ1v) is 4.59. The highest BCUT2D eigenvalue weighted by molar-refractivity contribution is 4.81. The van der Waals surface area contributed by atoms with Crippen molar-refractivity contribution in [3.05, 3.63) is 0 Å². The summed E-state index contributed by atoms with van der Waals surface area (Å²) >= 11 is 0. The fourth-order valence-corrected chi connectivity index (χ4v) is 1.62. The van der Waals surface area contributed by atoms with Crippen molar-refractivity contribution >= 4 is 0 Å². The SMILES string of the molecule is CC(C)C(F)C1CCCCN1. The maximum Gasteiger partial charge on any atom is 0.118 e. The van der Waals surface area contributed by atoms with Crippen LogP contribution in [0.4, 0.5) is 4.39 Å². The smallest absolute Gasteiger partial charge is 0.118 e. The number of halogens is 1. The van der Waals surface area contributed by atoms with Crippen LogP contribution in [0, 0.1) is 5.92 Å². The minimum absolute atomic E-state index is 0.128. The summed E-state index contributed by atoms with van der Waals surface area (Å²) < 4.78 is 13.3.